The first kappa shape index (κ1) is 23.2. The number of H-pyrrole nitrogens is 1. The highest BCUT2D eigenvalue weighted by Gasteiger charge is 2.43. The number of ether oxygens (including phenoxy) is 2. The van der Waals surface area contributed by atoms with E-state index in [2.05, 4.69) is 20.1 Å². The first-order chi connectivity index (χ1) is 16.7. The maximum absolute atomic E-state index is 12.9. The molecule has 0 spiro atoms. The standard InChI is InChI=1S/C22H19ClF3N5O4/c23-16-6-15(35-22(24,25)26)2-4-19(16)34-11-20(32)30-7-13-9-31(10-14(13)8-30)21(33)12-1-3-17-18(5-12)28-29-27-17/h1-6,13-14H,7-11H2,(H,27,28,29)/t13-,14-/m0/s1. The third-order valence-corrected chi connectivity index (χ3v) is 6.48. The van der Waals surface area contributed by atoms with E-state index in [1.807, 2.05) is 0 Å². The number of rotatable bonds is 5. The molecule has 0 aliphatic carbocycles. The van der Waals surface area contributed by atoms with Crippen molar-refractivity contribution in [3.8, 4) is 11.5 Å². The summed E-state index contributed by atoms with van der Waals surface area (Å²) in [5.74, 6) is -0.441. The fourth-order valence-electron chi connectivity index (χ4n) is 4.55. The molecule has 1 N–H and O–H groups in total. The Morgan fingerprint density at radius 2 is 1.77 bits per heavy atom. The molecule has 35 heavy (non-hydrogen) atoms. The van der Waals surface area contributed by atoms with E-state index in [0.29, 0.717) is 37.3 Å². The number of carbonyl (C=O) groups excluding carboxylic acids is 2. The van der Waals surface area contributed by atoms with Crippen LogP contribution in [-0.2, 0) is 4.79 Å². The van der Waals surface area contributed by atoms with Gasteiger partial charge in [0.1, 0.15) is 17.0 Å². The fraction of sp³-hybridized carbons (Fsp3) is 0.364. The second-order valence-electron chi connectivity index (χ2n) is 8.50. The van der Waals surface area contributed by atoms with Crippen LogP contribution >= 0.6 is 11.6 Å². The largest absolute Gasteiger partial charge is 0.573 e. The number of halogens is 4. The number of carbonyl (C=O) groups is 2. The molecular weight excluding hydrogens is 491 g/mol. The molecular formula is C22H19ClF3N5O4. The van der Waals surface area contributed by atoms with Gasteiger partial charge in [0.15, 0.2) is 6.61 Å². The predicted octanol–water partition coefficient (Wildman–Crippen LogP) is 3.12. The highest BCUT2D eigenvalue weighted by molar-refractivity contribution is 6.32. The van der Waals surface area contributed by atoms with Gasteiger partial charge in [-0.25, -0.2) is 0 Å². The van der Waals surface area contributed by atoms with E-state index < -0.39 is 12.1 Å². The summed E-state index contributed by atoms with van der Waals surface area (Å²) in [5.41, 5.74) is 1.91. The lowest BCUT2D eigenvalue weighted by Crippen LogP contribution is -2.37. The molecule has 2 atom stereocenters. The van der Waals surface area contributed by atoms with Gasteiger partial charge in [-0.2, -0.15) is 0 Å². The molecule has 9 nitrogen and oxygen atoms in total. The van der Waals surface area contributed by atoms with Crippen LogP contribution in [-0.4, -0.2) is 76.2 Å². The van der Waals surface area contributed by atoms with E-state index in [0.717, 1.165) is 17.6 Å². The number of hydrogen-bond donors (Lipinski definition) is 1. The van der Waals surface area contributed by atoms with Crippen LogP contribution in [0.5, 0.6) is 11.5 Å². The van der Waals surface area contributed by atoms with E-state index in [-0.39, 0.29) is 41.0 Å². The lowest BCUT2D eigenvalue weighted by atomic mass is 10.0. The van der Waals surface area contributed by atoms with Crippen molar-refractivity contribution in [2.75, 3.05) is 32.8 Å². The molecule has 2 fully saturated rings. The molecule has 2 amide bonds. The number of amides is 2. The van der Waals surface area contributed by atoms with Crippen molar-refractivity contribution in [2.24, 2.45) is 11.8 Å². The summed E-state index contributed by atoms with van der Waals surface area (Å²) in [5, 5.41) is 10.3. The van der Waals surface area contributed by atoms with Gasteiger partial charge in [-0.05, 0) is 30.3 Å². The van der Waals surface area contributed by atoms with Gasteiger partial charge in [-0.15, -0.1) is 18.3 Å². The van der Waals surface area contributed by atoms with Crippen molar-refractivity contribution in [3.05, 3.63) is 47.0 Å². The number of nitrogens with zero attached hydrogens (tertiary/aromatic N) is 4. The van der Waals surface area contributed by atoms with Gasteiger partial charge in [0.05, 0.1) is 10.5 Å². The van der Waals surface area contributed by atoms with Crippen LogP contribution < -0.4 is 9.47 Å². The summed E-state index contributed by atoms with van der Waals surface area (Å²) in [6, 6.07) is 8.46. The van der Waals surface area contributed by atoms with Crippen LogP contribution in [0.3, 0.4) is 0 Å². The molecule has 0 bridgehead atoms. The Morgan fingerprint density at radius 3 is 2.46 bits per heavy atom. The van der Waals surface area contributed by atoms with Gasteiger partial charge in [-0.1, -0.05) is 16.8 Å². The van der Waals surface area contributed by atoms with Crippen molar-refractivity contribution in [1.82, 2.24) is 25.2 Å². The quantitative estimate of drug-likeness (QED) is 0.567. The van der Waals surface area contributed by atoms with Gasteiger partial charge in [0.25, 0.3) is 11.8 Å². The lowest BCUT2D eigenvalue weighted by molar-refractivity contribution is -0.274. The number of aromatic nitrogens is 3. The molecule has 1 aromatic heterocycles. The number of hydrogen-bond acceptors (Lipinski definition) is 6. The summed E-state index contributed by atoms with van der Waals surface area (Å²) in [6.45, 7) is 1.75. The molecule has 5 rings (SSSR count). The highest BCUT2D eigenvalue weighted by Crippen LogP contribution is 2.34. The third kappa shape index (κ3) is 4.97. The van der Waals surface area contributed by atoms with Crippen LogP contribution in [0, 0.1) is 11.8 Å². The summed E-state index contributed by atoms with van der Waals surface area (Å²) in [7, 11) is 0. The average molecular weight is 510 g/mol. The van der Waals surface area contributed by atoms with Crippen LogP contribution in [0.4, 0.5) is 13.2 Å². The molecule has 13 heteroatoms. The van der Waals surface area contributed by atoms with Gasteiger partial charge < -0.3 is 19.3 Å². The highest BCUT2D eigenvalue weighted by atomic mass is 35.5. The second kappa shape index (κ2) is 8.91. The van der Waals surface area contributed by atoms with E-state index in [4.69, 9.17) is 16.3 Å². The number of benzene rings is 2. The molecule has 2 aliphatic heterocycles. The Kier molecular flexibility index (Phi) is 5.91. The van der Waals surface area contributed by atoms with E-state index in [1.54, 1.807) is 28.0 Å². The maximum atomic E-state index is 12.9. The number of nitrogens with one attached hydrogen (secondary N) is 1. The van der Waals surface area contributed by atoms with Crippen LogP contribution in [0.2, 0.25) is 5.02 Å². The summed E-state index contributed by atoms with van der Waals surface area (Å²) in [4.78, 5) is 29.0. The summed E-state index contributed by atoms with van der Waals surface area (Å²) < 4.78 is 46.2. The SMILES string of the molecule is O=C(COc1ccc(OC(F)(F)F)cc1Cl)N1C[C@H]2CN(C(=O)c3ccc4[nH]nnc4c3)C[C@@H]2C1. The molecule has 0 saturated carbocycles. The van der Waals surface area contributed by atoms with E-state index in [1.165, 1.54) is 6.07 Å². The number of fused-ring (bicyclic) bond motifs is 2. The van der Waals surface area contributed by atoms with Crippen molar-refractivity contribution < 1.29 is 32.2 Å². The van der Waals surface area contributed by atoms with Crippen molar-refractivity contribution in [3.63, 3.8) is 0 Å². The summed E-state index contributed by atoms with van der Waals surface area (Å²) >= 11 is 5.96. The smallest absolute Gasteiger partial charge is 0.482 e. The van der Waals surface area contributed by atoms with E-state index >= 15 is 0 Å². The molecule has 2 saturated heterocycles. The normalized spacial score (nSPS) is 19.8. The first-order valence-corrected chi connectivity index (χ1v) is 11.1. The minimum Gasteiger partial charge on any atom is -0.482 e. The zero-order valence-electron chi connectivity index (χ0n) is 18.1. The Labute approximate surface area is 201 Å². The second-order valence-corrected chi connectivity index (χ2v) is 8.91. The van der Waals surface area contributed by atoms with Crippen LogP contribution in [0.1, 0.15) is 10.4 Å². The van der Waals surface area contributed by atoms with Crippen molar-refractivity contribution in [2.45, 2.75) is 6.36 Å². The van der Waals surface area contributed by atoms with Crippen molar-refractivity contribution in [1.29, 1.82) is 0 Å². The molecule has 3 aromatic rings. The fourth-order valence-corrected chi connectivity index (χ4v) is 4.77. The molecule has 0 unspecified atom stereocenters. The maximum Gasteiger partial charge on any atom is 0.573 e. The zero-order chi connectivity index (χ0) is 24.7. The Hall–Kier alpha value is -3.54. The Bertz CT molecular complexity index is 1270. The average Bonchev–Trinajstić information content (AvgIpc) is 3.51. The number of alkyl halides is 3. The minimum absolute atomic E-state index is 0.0785. The summed E-state index contributed by atoms with van der Waals surface area (Å²) in [6.07, 6.45) is -4.83. The third-order valence-electron chi connectivity index (χ3n) is 6.19. The van der Waals surface area contributed by atoms with Crippen LogP contribution in [0.25, 0.3) is 11.0 Å². The van der Waals surface area contributed by atoms with Gasteiger partial charge in [-0.3, -0.25) is 14.7 Å². The van der Waals surface area contributed by atoms with Gasteiger partial charge >= 0.3 is 6.36 Å². The first-order valence-electron chi connectivity index (χ1n) is 10.7. The lowest BCUT2D eigenvalue weighted by Gasteiger charge is -2.22. The number of aromatic amines is 1. The molecule has 2 aliphatic rings. The molecule has 3 heterocycles. The topological polar surface area (TPSA) is 101 Å². The zero-order valence-corrected chi connectivity index (χ0v) is 18.8. The number of likely N-dealkylation sites (tertiary alicyclic amines) is 2. The van der Waals surface area contributed by atoms with E-state index in [9.17, 15) is 22.8 Å². The minimum atomic E-state index is -4.83. The van der Waals surface area contributed by atoms with Crippen LogP contribution in [0.15, 0.2) is 36.4 Å². The van der Waals surface area contributed by atoms with Crippen molar-refractivity contribution >= 4 is 34.4 Å². The van der Waals surface area contributed by atoms with Gasteiger partial charge in [0.2, 0.25) is 0 Å². The molecule has 2 aromatic carbocycles. The molecule has 184 valence electrons. The van der Waals surface area contributed by atoms with Gasteiger partial charge in [0, 0.05) is 49.6 Å². The Morgan fingerprint density at radius 1 is 1.06 bits per heavy atom. The molecule has 0 radical (unpaired) electrons. The Balaban J connectivity index is 1.13. The monoisotopic (exact) mass is 509 g/mol. The predicted molar refractivity (Wildman–Crippen MR) is 117 cm³/mol.